The number of morpholine rings is 1. The van der Waals surface area contributed by atoms with Gasteiger partial charge in [0, 0.05) is 36.4 Å². The minimum Gasteiger partial charge on any atom is -0.379 e. The summed E-state index contributed by atoms with van der Waals surface area (Å²) in [7, 11) is 0. The van der Waals surface area contributed by atoms with Gasteiger partial charge in [0.1, 0.15) is 0 Å². The summed E-state index contributed by atoms with van der Waals surface area (Å²) in [6.45, 7) is 6.27. The Morgan fingerprint density at radius 3 is 2.81 bits per heavy atom. The van der Waals surface area contributed by atoms with Gasteiger partial charge in [-0.15, -0.1) is 0 Å². The maximum absolute atomic E-state index is 12.2. The number of amides is 1. The van der Waals surface area contributed by atoms with Crippen molar-refractivity contribution in [1.82, 2.24) is 4.90 Å². The van der Waals surface area contributed by atoms with Crippen molar-refractivity contribution < 1.29 is 9.53 Å². The van der Waals surface area contributed by atoms with Crippen LogP contribution >= 0.6 is 11.6 Å². The highest BCUT2D eigenvalue weighted by Crippen LogP contribution is 2.18. The molecule has 0 aliphatic carbocycles. The number of carbonyl (C=O) groups is 1. The molecule has 1 aliphatic rings. The molecule has 136 valence electrons. The number of rotatable bonds is 5. The van der Waals surface area contributed by atoms with Crippen LogP contribution in [0.1, 0.15) is 16.7 Å². The van der Waals surface area contributed by atoms with Crippen LogP contribution < -0.4 is 5.32 Å². The quantitative estimate of drug-likeness (QED) is 0.804. The Balaban J connectivity index is 1.59. The zero-order valence-electron chi connectivity index (χ0n) is 14.9. The molecule has 2 aromatic rings. The van der Waals surface area contributed by atoms with Gasteiger partial charge in [0.05, 0.1) is 13.2 Å². The summed E-state index contributed by atoms with van der Waals surface area (Å²) in [5, 5.41) is 3.61. The van der Waals surface area contributed by atoms with Crippen molar-refractivity contribution >= 4 is 29.3 Å². The van der Waals surface area contributed by atoms with Crippen LogP contribution in [0.3, 0.4) is 0 Å². The molecule has 1 aliphatic heterocycles. The predicted molar refractivity (Wildman–Crippen MR) is 106 cm³/mol. The lowest BCUT2D eigenvalue weighted by atomic mass is 10.1. The number of benzene rings is 2. The average Bonchev–Trinajstić information content (AvgIpc) is 2.64. The molecule has 1 N–H and O–H groups in total. The fraction of sp³-hybridized carbons (Fsp3) is 0.286. The van der Waals surface area contributed by atoms with E-state index in [4.69, 9.17) is 16.3 Å². The summed E-state index contributed by atoms with van der Waals surface area (Å²) in [4.78, 5) is 14.5. The molecular formula is C21H23ClN2O2. The van der Waals surface area contributed by atoms with Crippen molar-refractivity contribution in [3.8, 4) is 0 Å². The topological polar surface area (TPSA) is 41.6 Å². The Morgan fingerprint density at radius 2 is 2.04 bits per heavy atom. The number of halogens is 1. The zero-order chi connectivity index (χ0) is 18.4. The molecule has 1 amide bonds. The number of ether oxygens (including phenoxy) is 1. The normalized spacial score (nSPS) is 15.3. The van der Waals surface area contributed by atoms with Gasteiger partial charge in [-0.1, -0.05) is 35.9 Å². The zero-order valence-corrected chi connectivity index (χ0v) is 15.6. The Bertz CT molecular complexity index is 798. The minimum absolute atomic E-state index is 0.162. The highest BCUT2D eigenvalue weighted by molar-refractivity contribution is 6.31. The predicted octanol–water partition coefficient (Wildman–Crippen LogP) is 4.13. The molecule has 3 rings (SSSR count). The van der Waals surface area contributed by atoms with E-state index >= 15 is 0 Å². The van der Waals surface area contributed by atoms with Crippen molar-refractivity contribution in [2.75, 3.05) is 31.6 Å². The van der Waals surface area contributed by atoms with Gasteiger partial charge < -0.3 is 10.1 Å². The van der Waals surface area contributed by atoms with Gasteiger partial charge in [-0.05, 0) is 47.9 Å². The van der Waals surface area contributed by atoms with Gasteiger partial charge in [-0.25, -0.2) is 0 Å². The van der Waals surface area contributed by atoms with Crippen molar-refractivity contribution in [2.24, 2.45) is 0 Å². The van der Waals surface area contributed by atoms with Gasteiger partial charge in [-0.2, -0.15) is 0 Å². The monoisotopic (exact) mass is 370 g/mol. The molecule has 5 heteroatoms. The van der Waals surface area contributed by atoms with Crippen LogP contribution in [-0.2, 0) is 16.1 Å². The molecule has 1 heterocycles. The number of nitrogens with one attached hydrogen (secondary N) is 1. The van der Waals surface area contributed by atoms with Crippen molar-refractivity contribution in [1.29, 1.82) is 0 Å². The van der Waals surface area contributed by atoms with Crippen LogP contribution in [0.25, 0.3) is 6.08 Å². The number of aryl methyl sites for hydroxylation is 1. The van der Waals surface area contributed by atoms with Crippen LogP contribution in [0.5, 0.6) is 0 Å². The summed E-state index contributed by atoms with van der Waals surface area (Å²) in [6, 6.07) is 13.7. The molecule has 26 heavy (non-hydrogen) atoms. The first kappa shape index (κ1) is 18.6. The van der Waals surface area contributed by atoms with E-state index in [1.54, 1.807) is 6.08 Å². The summed E-state index contributed by atoms with van der Waals surface area (Å²) in [6.07, 6.45) is 3.29. The SMILES string of the molecule is Cc1ccc(/C=C/C(=O)Nc2cccc(CN3CCOCC3)c2)cc1Cl. The third kappa shape index (κ3) is 5.43. The molecular weight excluding hydrogens is 348 g/mol. The van der Waals surface area contributed by atoms with Gasteiger partial charge in [0.25, 0.3) is 0 Å². The number of nitrogens with zero attached hydrogens (tertiary/aromatic N) is 1. The largest absolute Gasteiger partial charge is 0.379 e. The molecule has 0 bridgehead atoms. The lowest BCUT2D eigenvalue weighted by Crippen LogP contribution is -2.35. The second-order valence-corrected chi connectivity index (χ2v) is 6.83. The van der Waals surface area contributed by atoms with Gasteiger partial charge in [0.15, 0.2) is 0 Å². The second-order valence-electron chi connectivity index (χ2n) is 6.42. The molecule has 1 saturated heterocycles. The van der Waals surface area contributed by atoms with E-state index in [2.05, 4.69) is 16.3 Å². The van der Waals surface area contributed by atoms with E-state index in [0.29, 0.717) is 5.02 Å². The molecule has 0 atom stereocenters. The second kappa shape index (κ2) is 8.99. The lowest BCUT2D eigenvalue weighted by molar-refractivity contribution is -0.111. The van der Waals surface area contributed by atoms with Gasteiger partial charge in [0.2, 0.25) is 5.91 Å². The number of hydrogen-bond donors (Lipinski definition) is 1. The first-order valence-electron chi connectivity index (χ1n) is 8.74. The highest BCUT2D eigenvalue weighted by atomic mass is 35.5. The maximum atomic E-state index is 12.2. The van der Waals surface area contributed by atoms with Crippen molar-refractivity contribution in [3.63, 3.8) is 0 Å². The summed E-state index contributed by atoms with van der Waals surface area (Å²) in [5.41, 5.74) is 3.90. The van der Waals surface area contributed by atoms with Crippen molar-refractivity contribution in [2.45, 2.75) is 13.5 Å². The van der Waals surface area contributed by atoms with Crippen LogP contribution in [0, 0.1) is 6.92 Å². The van der Waals surface area contributed by atoms with E-state index in [1.165, 1.54) is 11.6 Å². The van der Waals surface area contributed by atoms with Crippen LogP contribution in [0.2, 0.25) is 5.02 Å². The van der Waals surface area contributed by atoms with Crippen LogP contribution in [0.15, 0.2) is 48.5 Å². The van der Waals surface area contributed by atoms with E-state index in [1.807, 2.05) is 43.3 Å². The first-order chi connectivity index (χ1) is 12.6. The van der Waals surface area contributed by atoms with E-state index in [9.17, 15) is 4.79 Å². The molecule has 0 aromatic heterocycles. The van der Waals surface area contributed by atoms with Gasteiger partial charge >= 0.3 is 0 Å². The molecule has 4 nitrogen and oxygen atoms in total. The van der Waals surface area contributed by atoms with E-state index in [0.717, 1.165) is 49.7 Å². The molecule has 0 radical (unpaired) electrons. The Kier molecular flexibility index (Phi) is 6.45. The van der Waals surface area contributed by atoms with E-state index < -0.39 is 0 Å². The lowest BCUT2D eigenvalue weighted by Gasteiger charge is -2.26. The van der Waals surface area contributed by atoms with Crippen LogP contribution in [0.4, 0.5) is 5.69 Å². The smallest absolute Gasteiger partial charge is 0.248 e. The standard InChI is InChI=1S/C21H23ClN2O2/c1-16-5-6-17(14-20(16)22)7-8-21(25)23-19-4-2-3-18(13-19)15-24-9-11-26-12-10-24/h2-8,13-14H,9-12,15H2,1H3,(H,23,25)/b8-7+. The highest BCUT2D eigenvalue weighted by Gasteiger charge is 2.11. The fourth-order valence-corrected chi connectivity index (χ4v) is 3.02. The third-order valence-corrected chi connectivity index (χ3v) is 4.73. The Labute approximate surface area is 159 Å². The number of hydrogen-bond acceptors (Lipinski definition) is 3. The first-order valence-corrected chi connectivity index (χ1v) is 9.12. The summed E-state index contributed by atoms with van der Waals surface area (Å²) < 4.78 is 5.38. The molecule has 0 spiro atoms. The fourth-order valence-electron chi connectivity index (χ4n) is 2.83. The minimum atomic E-state index is -0.162. The van der Waals surface area contributed by atoms with Crippen LogP contribution in [-0.4, -0.2) is 37.1 Å². The van der Waals surface area contributed by atoms with E-state index in [-0.39, 0.29) is 5.91 Å². The average molecular weight is 371 g/mol. The molecule has 0 unspecified atom stereocenters. The summed E-state index contributed by atoms with van der Waals surface area (Å²) in [5.74, 6) is -0.162. The van der Waals surface area contributed by atoms with Gasteiger partial charge in [-0.3, -0.25) is 9.69 Å². The Morgan fingerprint density at radius 1 is 1.23 bits per heavy atom. The number of carbonyl (C=O) groups excluding carboxylic acids is 1. The molecule has 2 aromatic carbocycles. The Hall–Kier alpha value is -2.14. The number of anilines is 1. The molecule has 0 saturated carbocycles. The maximum Gasteiger partial charge on any atom is 0.248 e. The van der Waals surface area contributed by atoms with Crippen molar-refractivity contribution in [3.05, 3.63) is 70.3 Å². The third-order valence-electron chi connectivity index (χ3n) is 4.33. The molecule has 1 fully saturated rings. The summed E-state index contributed by atoms with van der Waals surface area (Å²) >= 11 is 6.11.